The van der Waals surface area contributed by atoms with E-state index in [0.717, 1.165) is 18.4 Å². The second kappa shape index (κ2) is 5.38. The lowest BCUT2D eigenvalue weighted by molar-refractivity contribution is 0.387. The van der Waals surface area contributed by atoms with E-state index in [9.17, 15) is 8.42 Å². The molecule has 2 unspecified atom stereocenters. The Kier molecular flexibility index (Phi) is 4.53. The van der Waals surface area contributed by atoms with Crippen LogP contribution < -0.4 is 5.73 Å². The molecule has 0 bridgehead atoms. The van der Waals surface area contributed by atoms with E-state index in [1.165, 1.54) is 12.1 Å². The number of rotatable bonds is 5. The Labute approximate surface area is 109 Å². The molecule has 0 saturated carbocycles. The Hall–Kier alpha value is -0.910. The van der Waals surface area contributed by atoms with Crippen LogP contribution in [0, 0.1) is 0 Å². The molecule has 0 aliphatic heterocycles. The fraction of sp³-hybridized carbons (Fsp3) is 0.538. The Bertz CT molecular complexity index is 493. The molecule has 1 aromatic carbocycles. The van der Waals surface area contributed by atoms with Crippen LogP contribution in [0.2, 0.25) is 0 Å². The summed E-state index contributed by atoms with van der Waals surface area (Å²) in [5, 5.41) is 0. The van der Waals surface area contributed by atoms with Gasteiger partial charge in [0.25, 0.3) is 10.1 Å². The molecule has 3 N–H and O–H groups in total. The molecule has 0 aliphatic carbocycles. The summed E-state index contributed by atoms with van der Waals surface area (Å²) in [6.07, 6.45) is 1.74. The summed E-state index contributed by atoms with van der Waals surface area (Å²) in [5.41, 5.74) is 6.81. The summed E-state index contributed by atoms with van der Waals surface area (Å²) < 4.78 is 30.9. The third-order valence-electron chi connectivity index (χ3n) is 3.40. The molecule has 0 amide bonds. The first-order chi connectivity index (χ1) is 8.19. The molecular formula is C13H21NO3S. The molecular weight excluding hydrogens is 250 g/mol. The highest BCUT2D eigenvalue weighted by molar-refractivity contribution is 7.85. The highest BCUT2D eigenvalue weighted by Gasteiger charge is 2.26. The van der Waals surface area contributed by atoms with Gasteiger partial charge in [-0.2, -0.15) is 8.42 Å². The lowest BCUT2D eigenvalue weighted by Crippen LogP contribution is -2.30. The van der Waals surface area contributed by atoms with Crippen molar-refractivity contribution < 1.29 is 13.0 Å². The minimum absolute atomic E-state index is 0.0775. The fourth-order valence-electron chi connectivity index (χ4n) is 2.21. The zero-order valence-electron chi connectivity index (χ0n) is 11.1. The van der Waals surface area contributed by atoms with Crippen LogP contribution in [0.25, 0.3) is 0 Å². The van der Waals surface area contributed by atoms with E-state index < -0.39 is 10.1 Å². The maximum atomic E-state index is 11.0. The van der Waals surface area contributed by atoms with Gasteiger partial charge in [0, 0.05) is 6.04 Å². The van der Waals surface area contributed by atoms with Gasteiger partial charge >= 0.3 is 0 Å². The Morgan fingerprint density at radius 3 is 2.17 bits per heavy atom. The quantitative estimate of drug-likeness (QED) is 0.805. The van der Waals surface area contributed by atoms with Crippen molar-refractivity contribution in [3.8, 4) is 0 Å². The predicted molar refractivity (Wildman–Crippen MR) is 72.2 cm³/mol. The summed E-state index contributed by atoms with van der Waals surface area (Å²) in [6.45, 7) is 6.15. The molecule has 0 aromatic heterocycles. The zero-order chi connectivity index (χ0) is 14.0. The monoisotopic (exact) mass is 271 g/mol. The minimum Gasteiger partial charge on any atom is -0.328 e. The van der Waals surface area contributed by atoms with E-state index in [-0.39, 0.29) is 16.4 Å². The molecule has 0 spiro atoms. The largest absolute Gasteiger partial charge is 0.328 e. The van der Waals surface area contributed by atoms with Crippen LogP contribution in [-0.2, 0) is 15.5 Å². The van der Waals surface area contributed by atoms with Crippen molar-refractivity contribution in [2.45, 2.75) is 50.0 Å². The van der Waals surface area contributed by atoms with Gasteiger partial charge in [-0.15, -0.1) is 0 Å². The minimum atomic E-state index is -4.12. The molecule has 4 nitrogen and oxygen atoms in total. The lowest BCUT2D eigenvalue weighted by Gasteiger charge is -2.30. The van der Waals surface area contributed by atoms with Crippen molar-refractivity contribution >= 4 is 10.1 Å². The molecule has 0 saturated heterocycles. The molecule has 0 aliphatic rings. The SMILES string of the molecule is CCC(C)(CC(C)N)c1ccc(S(=O)(=O)O)cc1. The van der Waals surface area contributed by atoms with Gasteiger partial charge in [0.2, 0.25) is 0 Å². The van der Waals surface area contributed by atoms with Crippen LogP contribution in [0.4, 0.5) is 0 Å². The third kappa shape index (κ3) is 3.54. The van der Waals surface area contributed by atoms with E-state index in [1.54, 1.807) is 12.1 Å². The van der Waals surface area contributed by atoms with Gasteiger partial charge in [-0.3, -0.25) is 4.55 Å². The van der Waals surface area contributed by atoms with Gasteiger partial charge in [0.05, 0.1) is 4.90 Å². The van der Waals surface area contributed by atoms with Crippen LogP contribution in [0.3, 0.4) is 0 Å². The van der Waals surface area contributed by atoms with E-state index >= 15 is 0 Å². The molecule has 5 heteroatoms. The highest BCUT2D eigenvalue weighted by atomic mass is 32.2. The Morgan fingerprint density at radius 1 is 1.33 bits per heavy atom. The van der Waals surface area contributed by atoms with E-state index in [4.69, 9.17) is 10.3 Å². The van der Waals surface area contributed by atoms with E-state index in [2.05, 4.69) is 13.8 Å². The fourth-order valence-corrected chi connectivity index (χ4v) is 2.69. The first-order valence-electron chi connectivity index (χ1n) is 6.02. The number of hydrogen-bond donors (Lipinski definition) is 2. The zero-order valence-corrected chi connectivity index (χ0v) is 11.9. The van der Waals surface area contributed by atoms with E-state index in [1.807, 2.05) is 6.92 Å². The second-order valence-corrected chi connectivity index (χ2v) is 6.52. The van der Waals surface area contributed by atoms with Crippen LogP contribution in [0.5, 0.6) is 0 Å². The van der Waals surface area contributed by atoms with Gasteiger partial charge in [-0.05, 0) is 42.9 Å². The second-order valence-electron chi connectivity index (χ2n) is 5.10. The van der Waals surface area contributed by atoms with Gasteiger partial charge in [-0.1, -0.05) is 26.0 Å². The molecule has 1 rings (SSSR count). The van der Waals surface area contributed by atoms with E-state index in [0.29, 0.717) is 0 Å². The summed E-state index contributed by atoms with van der Waals surface area (Å²) in [4.78, 5) is -0.0782. The Balaban J connectivity index is 3.10. The molecule has 0 fully saturated rings. The topological polar surface area (TPSA) is 80.4 Å². The smallest absolute Gasteiger partial charge is 0.294 e. The highest BCUT2D eigenvalue weighted by Crippen LogP contribution is 2.32. The number of nitrogens with two attached hydrogens (primary N) is 1. The van der Waals surface area contributed by atoms with Crippen LogP contribution in [-0.4, -0.2) is 19.0 Å². The molecule has 102 valence electrons. The summed E-state index contributed by atoms with van der Waals surface area (Å²) in [7, 11) is -4.12. The van der Waals surface area contributed by atoms with Crippen molar-refractivity contribution in [1.29, 1.82) is 0 Å². The maximum Gasteiger partial charge on any atom is 0.294 e. The van der Waals surface area contributed by atoms with Crippen molar-refractivity contribution in [1.82, 2.24) is 0 Å². The average Bonchev–Trinajstić information content (AvgIpc) is 2.27. The maximum absolute atomic E-state index is 11.0. The molecule has 2 atom stereocenters. The van der Waals surface area contributed by atoms with Gasteiger partial charge < -0.3 is 5.73 Å². The van der Waals surface area contributed by atoms with Gasteiger partial charge in [0.15, 0.2) is 0 Å². The van der Waals surface area contributed by atoms with Crippen molar-refractivity contribution in [3.05, 3.63) is 29.8 Å². The van der Waals surface area contributed by atoms with Gasteiger partial charge in [0.1, 0.15) is 0 Å². The normalized spacial score (nSPS) is 17.2. The predicted octanol–water partition coefficient (Wildman–Crippen LogP) is 2.34. The average molecular weight is 271 g/mol. The molecule has 18 heavy (non-hydrogen) atoms. The molecule has 1 aromatic rings. The van der Waals surface area contributed by atoms with Crippen molar-refractivity contribution in [2.75, 3.05) is 0 Å². The lowest BCUT2D eigenvalue weighted by atomic mass is 9.75. The van der Waals surface area contributed by atoms with Gasteiger partial charge in [-0.25, -0.2) is 0 Å². The molecule has 0 heterocycles. The Morgan fingerprint density at radius 2 is 1.83 bits per heavy atom. The van der Waals surface area contributed by atoms with Crippen LogP contribution in [0.1, 0.15) is 39.2 Å². The first kappa shape index (κ1) is 15.1. The first-order valence-corrected chi connectivity index (χ1v) is 7.46. The van der Waals surface area contributed by atoms with Crippen molar-refractivity contribution in [3.63, 3.8) is 0 Å². The summed E-state index contributed by atoms with van der Waals surface area (Å²) in [6, 6.07) is 6.43. The standard InChI is InChI=1S/C13H21NO3S/c1-4-13(3,9-10(2)14)11-5-7-12(8-6-11)18(15,16)17/h5-8,10H,4,9,14H2,1-3H3,(H,15,16,17). The summed E-state index contributed by atoms with van der Waals surface area (Å²) >= 11 is 0. The van der Waals surface area contributed by atoms with Crippen LogP contribution in [0.15, 0.2) is 29.2 Å². The molecule has 0 radical (unpaired) electrons. The van der Waals surface area contributed by atoms with Crippen LogP contribution >= 0.6 is 0 Å². The number of hydrogen-bond acceptors (Lipinski definition) is 3. The number of benzene rings is 1. The van der Waals surface area contributed by atoms with Crippen molar-refractivity contribution in [2.24, 2.45) is 5.73 Å². The summed E-state index contributed by atoms with van der Waals surface area (Å²) in [5.74, 6) is 0. The third-order valence-corrected chi connectivity index (χ3v) is 4.27.